The Balaban J connectivity index is 1.66. The molecule has 3 heteroatoms. The molecule has 0 aliphatic carbocycles. The van der Waals surface area contributed by atoms with Gasteiger partial charge in [-0.25, -0.2) is 0 Å². The van der Waals surface area contributed by atoms with Gasteiger partial charge in [-0.1, -0.05) is 66.7 Å². The maximum atomic E-state index is 12.4. The summed E-state index contributed by atoms with van der Waals surface area (Å²) in [4.78, 5) is 14.2. The first-order chi connectivity index (χ1) is 11.6. The van der Waals surface area contributed by atoms with E-state index in [-0.39, 0.29) is 11.9 Å². The molecule has 1 amide bonds. The van der Waals surface area contributed by atoms with E-state index in [1.165, 1.54) is 5.39 Å². The topological polar surface area (TPSA) is 46.3 Å². The lowest BCUT2D eigenvalue weighted by molar-refractivity contribution is -0.130. The maximum Gasteiger partial charge on any atom is 0.224 e. The number of carbonyl (C=O) groups is 1. The van der Waals surface area contributed by atoms with Crippen LogP contribution < -0.4 is 5.73 Å². The summed E-state index contributed by atoms with van der Waals surface area (Å²) in [6.07, 6.45) is 0.307. The number of hydrogen-bond donors (Lipinski definition) is 1. The second-order valence-corrected chi connectivity index (χ2v) is 6.15. The number of amides is 1. The highest BCUT2D eigenvalue weighted by atomic mass is 16.2. The van der Waals surface area contributed by atoms with Crippen LogP contribution in [0.5, 0.6) is 0 Å². The monoisotopic (exact) mass is 318 g/mol. The third-order valence-corrected chi connectivity index (χ3v) is 4.28. The minimum atomic E-state index is -0.291. The molecule has 0 fully saturated rings. The summed E-state index contributed by atoms with van der Waals surface area (Å²) in [7, 11) is 1.82. The summed E-state index contributed by atoms with van der Waals surface area (Å²) >= 11 is 0. The van der Waals surface area contributed by atoms with Gasteiger partial charge in [0.25, 0.3) is 0 Å². The molecule has 3 aromatic carbocycles. The molecule has 3 nitrogen and oxygen atoms in total. The molecule has 0 saturated heterocycles. The van der Waals surface area contributed by atoms with Gasteiger partial charge in [-0.2, -0.15) is 0 Å². The number of hydrogen-bond acceptors (Lipinski definition) is 2. The summed E-state index contributed by atoms with van der Waals surface area (Å²) < 4.78 is 0. The van der Waals surface area contributed by atoms with Gasteiger partial charge < -0.3 is 10.6 Å². The minimum absolute atomic E-state index is 0.0551. The molecule has 0 saturated carbocycles. The normalized spacial score (nSPS) is 12.1. The Kier molecular flexibility index (Phi) is 4.92. The molecule has 122 valence electrons. The Morgan fingerprint density at radius 2 is 1.62 bits per heavy atom. The number of fused-ring (bicyclic) bond motifs is 1. The van der Waals surface area contributed by atoms with Crippen LogP contribution in [0.1, 0.15) is 23.6 Å². The Bertz CT molecular complexity index is 829. The van der Waals surface area contributed by atoms with Crippen LogP contribution in [0.4, 0.5) is 0 Å². The zero-order chi connectivity index (χ0) is 16.9. The highest BCUT2D eigenvalue weighted by Gasteiger charge is 2.15. The Hall–Kier alpha value is -2.65. The molecule has 0 aromatic heterocycles. The quantitative estimate of drug-likeness (QED) is 0.776. The Morgan fingerprint density at radius 1 is 0.958 bits per heavy atom. The van der Waals surface area contributed by atoms with E-state index in [1.807, 2.05) is 55.6 Å². The van der Waals surface area contributed by atoms with Crippen molar-refractivity contribution in [2.75, 3.05) is 7.05 Å². The van der Waals surface area contributed by atoms with E-state index in [9.17, 15) is 4.79 Å². The molecule has 0 unspecified atom stereocenters. The Labute approximate surface area is 142 Å². The molecule has 0 bridgehead atoms. The average Bonchev–Trinajstić information content (AvgIpc) is 2.62. The fourth-order valence-electron chi connectivity index (χ4n) is 2.85. The van der Waals surface area contributed by atoms with Crippen LogP contribution in [0.15, 0.2) is 72.8 Å². The second kappa shape index (κ2) is 7.28. The fraction of sp³-hybridized carbons (Fsp3) is 0.190. The van der Waals surface area contributed by atoms with Crippen molar-refractivity contribution in [3.63, 3.8) is 0 Å². The third kappa shape index (κ3) is 3.81. The van der Waals surface area contributed by atoms with Crippen molar-refractivity contribution in [3.05, 3.63) is 83.9 Å². The van der Waals surface area contributed by atoms with Gasteiger partial charge in [0, 0.05) is 26.1 Å². The molecule has 0 heterocycles. The molecular formula is C21H22N2O. The number of benzene rings is 3. The van der Waals surface area contributed by atoms with E-state index in [0.29, 0.717) is 13.0 Å². The van der Waals surface area contributed by atoms with Crippen molar-refractivity contribution in [2.45, 2.75) is 19.0 Å². The van der Waals surface area contributed by atoms with E-state index < -0.39 is 0 Å². The van der Waals surface area contributed by atoms with E-state index in [4.69, 9.17) is 5.73 Å². The number of nitrogens with zero attached hydrogens (tertiary/aromatic N) is 1. The van der Waals surface area contributed by atoms with Gasteiger partial charge in [-0.05, 0) is 28.0 Å². The zero-order valence-electron chi connectivity index (χ0n) is 13.9. The van der Waals surface area contributed by atoms with Crippen LogP contribution in [0.25, 0.3) is 10.8 Å². The lowest BCUT2D eigenvalue weighted by atomic mass is 10.00. The van der Waals surface area contributed by atoms with Crippen molar-refractivity contribution in [2.24, 2.45) is 5.73 Å². The van der Waals surface area contributed by atoms with E-state index in [0.717, 1.165) is 16.5 Å². The molecule has 1 atom stereocenters. The summed E-state index contributed by atoms with van der Waals surface area (Å²) in [5, 5.41) is 2.33. The molecule has 0 radical (unpaired) electrons. The van der Waals surface area contributed by atoms with E-state index in [2.05, 4.69) is 24.3 Å². The summed E-state index contributed by atoms with van der Waals surface area (Å²) in [6, 6.07) is 24.0. The summed E-state index contributed by atoms with van der Waals surface area (Å²) in [5.74, 6) is 0.0551. The highest BCUT2D eigenvalue weighted by molar-refractivity contribution is 5.83. The van der Waals surface area contributed by atoms with Gasteiger partial charge >= 0.3 is 0 Å². The Morgan fingerprint density at radius 3 is 2.38 bits per heavy atom. The van der Waals surface area contributed by atoms with Crippen LogP contribution in [0.2, 0.25) is 0 Å². The number of rotatable bonds is 5. The smallest absolute Gasteiger partial charge is 0.224 e. The predicted molar refractivity (Wildman–Crippen MR) is 98.4 cm³/mol. The first kappa shape index (κ1) is 16.2. The lowest BCUT2D eigenvalue weighted by Gasteiger charge is -2.20. The van der Waals surface area contributed by atoms with Crippen molar-refractivity contribution in [3.8, 4) is 0 Å². The maximum absolute atomic E-state index is 12.4. The van der Waals surface area contributed by atoms with Crippen LogP contribution in [-0.2, 0) is 11.3 Å². The highest BCUT2D eigenvalue weighted by Crippen LogP contribution is 2.21. The SMILES string of the molecule is CN(Cc1ccccc1)C(=O)C[C@H](N)c1ccc2ccccc2c1. The molecule has 3 rings (SSSR count). The van der Waals surface area contributed by atoms with E-state index in [1.54, 1.807) is 4.90 Å². The first-order valence-electron chi connectivity index (χ1n) is 8.15. The molecule has 24 heavy (non-hydrogen) atoms. The average molecular weight is 318 g/mol. The zero-order valence-corrected chi connectivity index (χ0v) is 13.9. The number of nitrogens with two attached hydrogens (primary N) is 1. The molecule has 2 N–H and O–H groups in total. The largest absolute Gasteiger partial charge is 0.341 e. The molecule has 0 spiro atoms. The predicted octanol–water partition coefficient (Wildman–Crippen LogP) is 3.89. The minimum Gasteiger partial charge on any atom is -0.341 e. The van der Waals surface area contributed by atoms with Gasteiger partial charge in [0.05, 0.1) is 0 Å². The van der Waals surface area contributed by atoms with Gasteiger partial charge in [0.1, 0.15) is 0 Å². The standard InChI is InChI=1S/C21H22N2O/c1-23(15-16-7-3-2-4-8-16)21(24)14-20(22)19-12-11-17-9-5-6-10-18(17)13-19/h2-13,20H,14-15,22H2,1H3/t20-/m0/s1. The fourth-order valence-corrected chi connectivity index (χ4v) is 2.85. The van der Waals surface area contributed by atoms with Crippen LogP contribution in [0.3, 0.4) is 0 Å². The number of carbonyl (C=O) groups excluding carboxylic acids is 1. The molecule has 0 aliphatic heterocycles. The first-order valence-corrected chi connectivity index (χ1v) is 8.15. The van der Waals surface area contributed by atoms with Crippen molar-refractivity contribution < 1.29 is 4.79 Å². The van der Waals surface area contributed by atoms with Crippen LogP contribution in [0, 0.1) is 0 Å². The van der Waals surface area contributed by atoms with Gasteiger partial charge in [-0.3, -0.25) is 4.79 Å². The lowest BCUT2D eigenvalue weighted by Crippen LogP contribution is -2.29. The third-order valence-electron chi connectivity index (χ3n) is 4.28. The van der Waals surface area contributed by atoms with Crippen LogP contribution >= 0.6 is 0 Å². The summed E-state index contributed by atoms with van der Waals surface area (Å²) in [5.41, 5.74) is 8.38. The molecular weight excluding hydrogens is 296 g/mol. The van der Waals surface area contributed by atoms with Crippen molar-refractivity contribution >= 4 is 16.7 Å². The summed E-state index contributed by atoms with van der Waals surface area (Å²) in [6.45, 7) is 0.601. The molecule has 3 aromatic rings. The van der Waals surface area contributed by atoms with Gasteiger partial charge in [-0.15, -0.1) is 0 Å². The second-order valence-electron chi connectivity index (χ2n) is 6.15. The van der Waals surface area contributed by atoms with Crippen molar-refractivity contribution in [1.82, 2.24) is 4.90 Å². The van der Waals surface area contributed by atoms with Gasteiger partial charge in [0.2, 0.25) is 5.91 Å². The van der Waals surface area contributed by atoms with Crippen molar-refractivity contribution in [1.29, 1.82) is 0 Å². The van der Waals surface area contributed by atoms with E-state index >= 15 is 0 Å². The van der Waals surface area contributed by atoms with Gasteiger partial charge in [0.15, 0.2) is 0 Å². The molecule has 0 aliphatic rings. The van der Waals surface area contributed by atoms with Crippen LogP contribution in [-0.4, -0.2) is 17.9 Å².